The fourth-order valence-electron chi connectivity index (χ4n) is 2.64. The predicted octanol–water partition coefficient (Wildman–Crippen LogP) is 3.45. The fourth-order valence-corrected chi connectivity index (χ4v) is 2.64. The van der Waals surface area contributed by atoms with Gasteiger partial charge in [0, 0.05) is 6.54 Å². The van der Waals surface area contributed by atoms with E-state index in [0.717, 1.165) is 17.7 Å². The summed E-state index contributed by atoms with van der Waals surface area (Å²) in [7, 11) is 0. The Morgan fingerprint density at radius 2 is 1.80 bits per heavy atom. The second kappa shape index (κ2) is 7.92. The number of hydrogen-bond donors (Lipinski definition) is 1. The van der Waals surface area contributed by atoms with Crippen LogP contribution < -0.4 is 19.5 Å². The van der Waals surface area contributed by atoms with Gasteiger partial charge in [0.1, 0.15) is 5.75 Å². The molecule has 0 unspecified atom stereocenters. The molecule has 1 amide bonds. The lowest BCUT2D eigenvalue weighted by Gasteiger charge is -2.17. The number of carbonyl (C=O) groups is 1. The van der Waals surface area contributed by atoms with Crippen molar-refractivity contribution in [2.45, 2.75) is 39.3 Å². The minimum Gasteiger partial charge on any atom is -0.481 e. The number of aryl methyl sites for hydroxylation is 1. The highest BCUT2D eigenvalue weighted by Crippen LogP contribution is 2.32. The van der Waals surface area contributed by atoms with Gasteiger partial charge < -0.3 is 19.5 Å². The van der Waals surface area contributed by atoms with Gasteiger partial charge in [-0.15, -0.1) is 0 Å². The topological polar surface area (TPSA) is 56.8 Å². The maximum atomic E-state index is 12.4. The number of rotatable bonds is 7. The van der Waals surface area contributed by atoms with Crippen LogP contribution in [0.4, 0.5) is 0 Å². The largest absolute Gasteiger partial charge is 0.481 e. The molecule has 3 rings (SSSR count). The van der Waals surface area contributed by atoms with Crippen molar-refractivity contribution in [1.29, 1.82) is 0 Å². The molecule has 1 atom stereocenters. The van der Waals surface area contributed by atoms with Crippen LogP contribution in [0.1, 0.15) is 31.4 Å². The molecule has 0 fully saturated rings. The highest BCUT2D eigenvalue weighted by atomic mass is 16.7. The second-order valence-electron chi connectivity index (χ2n) is 5.92. The third-order valence-corrected chi connectivity index (χ3v) is 4.18. The van der Waals surface area contributed by atoms with Crippen LogP contribution in [-0.4, -0.2) is 18.8 Å². The molecule has 2 aromatic carbocycles. The van der Waals surface area contributed by atoms with Gasteiger partial charge in [-0.05, 0) is 48.2 Å². The van der Waals surface area contributed by atoms with E-state index in [-0.39, 0.29) is 12.7 Å². The SMILES string of the molecule is CCc1ccc(O[C@H](CC)C(=O)NCc2ccc3c(c2)OCO3)cc1. The summed E-state index contributed by atoms with van der Waals surface area (Å²) in [6, 6.07) is 13.5. The minimum atomic E-state index is -0.513. The number of amides is 1. The second-order valence-corrected chi connectivity index (χ2v) is 5.92. The first-order valence-electron chi connectivity index (χ1n) is 8.61. The number of ether oxygens (including phenoxy) is 3. The standard InChI is InChI=1S/C20H23NO4/c1-3-14-5-8-16(9-6-14)25-17(4-2)20(22)21-12-15-7-10-18-19(11-15)24-13-23-18/h5-11,17H,3-4,12-13H2,1-2H3,(H,21,22)/t17-/m1/s1. The molecule has 0 spiro atoms. The van der Waals surface area contributed by atoms with E-state index in [0.29, 0.717) is 24.5 Å². The summed E-state index contributed by atoms with van der Waals surface area (Å²) in [5.74, 6) is 2.04. The molecule has 0 aliphatic carbocycles. The average molecular weight is 341 g/mol. The van der Waals surface area contributed by atoms with Gasteiger partial charge in [-0.1, -0.05) is 32.0 Å². The lowest BCUT2D eigenvalue weighted by atomic mass is 10.1. The molecule has 5 nitrogen and oxygen atoms in total. The van der Waals surface area contributed by atoms with E-state index in [1.165, 1.54) is 5.56 Å². The van der Waals surface area contributed by atoms with Gasteiger partial charge in [0.05, 0.1) is 0 Å². The molecule has 0 bridgehead atoms. The van der Waals surface area contributed by atoms with Crippen LogP contribution in [0.3, 0.4) is 0 Å². The van der Waals surface area contributed by atoms with Gasteiger partial charge in [0.15, 0.2) is 17.6 Å². The van der Waals surface area contributed by atoms with E-state index in [2.05, 4.69) is 12.2 Å². The molecule has 2 aromatic rings. The molecule has 25 heavy (non-hydrogen) atoms. The van der Waals surface area contributed by atoms with Crippen LogP contribution >= 0.6 is 0 Å². The fraction of sp³-hybridized carbons (Fsp3) is 0.350. The molecule has 0 aromatic heterocycles. The van der Waals surface area contributed by atoms with E-state index in [1.807, 2.05) is 49.4 Å². The summed E-state index contributed by atoms with van der Waals surface area (Å²) >= 11 is 0. The number of hydrogen-bond acceptors (Lipinski definition) is 4. The van der Waals surface area contributed by atoms with Gasteiger partial charge in [-0.3, -0.25) is 4.79 Å². The predicted molar refractivity (Wildman–Crippen MR) is 94.9 cm³/mol. The summed E-state index contributed by atoms with van der Waals surface area (Å²) in [6.45, 7) is 4.71. The van der Waals surface area contributed by atoms with Crippen LogP contribution in [0, 0.1) is 0 Å². The molecule has 1 aliphatic heterocycles. The van der Waals surface area contributed by atoms with E-state index < -0.39 is 6.10 Å². The molecule has 1 heterocycles. The van der Waals surface area contributed by atoms with E-state index in [4.69, 9.17) is 14.2 Å². The highest BCUT2D eigenvalue weighted by molar-refractivity contribution is 5.81. The first-order valence-corrected chi connectivity index (χ1v) is 8.61. The Morgan fingerprint density at radius 1 is 1.08 bits per heavy atom. The normalized spacial score (nSPS) is 13.4. The highest BCUT2D eigenvalue weighted by Gasteiger charge is 2.19. The van der Waals surface area contributed by atoms with Gasteiger partial charge >= 0.3 is 0 Å². The zero-order valence-electron chi connectivity index (χ0n) is 14.6. The third kappa shape index (κ3) is 4.24. The summed E-state index contributed by atoms with van der Waals surface area (Å²) in [4.78, 5) is 12.4. The number of benzene rings is 2. The van der Waals surface area contributed by atoms with Crippen molar-refractivity contribution >= 4 is 5.91 Å². The summed E-state index contributed by atoms with van der Waals surface area (Å²) < 4.78 is 16.5. The monoisotopic (exact) mass is 341 g/mol. The maximum Gasteiger partial charge on any atom is 0.261 e. The van der Waals surface area contributed by atoms with Crippen molar-refractivity contribution in [3.8, 4) is 17.2 Å². The Bertz CT molecular complexity index is 727. The van der Waals surface area contributed by atoms with Gasteiger partial charge in [-0.25, -0.2) is 0 Å². The van der Waals surface area contributed by atoms with Crippen LogP contribution in [0.25, 0.3) is 0 Å². The van der Waals surface area contributed by atoms with E-state index in [1.54, 1.807) is 0 Å². The van der Waals surface area contributed by atoms with E-state index >= 15 is 0 Å². The summed E-state index contributed by atoms with van der Waals surface area (Å²) in [5.41, 5.74) is 2.20. The van der Waals surface area contributed by atoms with Gasteiger partial charge in [0.25, 0.3) is 5.91 Å². The first-order chi connectivity index (χ1) is 12.2. The summed E-state index contributed by atoms with van der Waals surface area (Å²) in [6.07, 6.45) is 1.07. The number of carbonyl (C=O) groups excluding carboxylic acids is 1. The number of fused-ring (bicyclic) bond motifs is 1. The quantitative estimate of drug-likeness (QED) is 0.838. The molecule has 1 N–H and O–H groups in total. The van der Waals surface area contributed by atoms with Crippen molar-refractivity contribution in [2.24, 2.45) is 0 Å². The summed E-state index contributed by atoms with van der Waals surface area (Å²) in [5, 5.41) is 2.92. The third-order valence-electron chi connectivity index (χ3n) is 4.18. The molecule has 1 aliphatic rings. The zero-order valence-corrected chi connectivity index (χ0v) is 14.6. The molecule has 0 saturated carbocycles. The first kappa shape index (κ1) is 17.1. The zero-order chi connectivity index (χ0) is 17.6. The molecular formula is C20H23NO4. The number of nitrogens with one attached hydrogen (secondary N) is 1. The Labute approximate surface area is 147 Å². The molecular weight excluding hydrogens is 318 g/mol. The van der Waals surface area contributed by atoms with Crippen LogP contribution in [0.15, 0.2) is 42.5 Å². The molecule has 132 valence electrons. The van der Waals surface area contributed by atoms with Crippen molar-refractivity contribution in [2.75, 3.05) is 6.79 Å². The van der Waals surface area contributed by atoms with Crippen molar-refractivity contribution in [1.82, 2.24) is 5.32 Å². The Balaban J connectivity index is 1.56. The van der Waals surface area contributed by atoms with Crippen LogP contribution in [0.2, 0.25) is 0 Å². The minimum absolute atomic E-state index is 0.125. The van der Waals surface area contributed by atoms with Crippen molar-refractivity contribution < 1.29 is 19.0 Å². The van der Waals surface area contributed by atoms with Crippen molar-refractivity contribution in [3.05, 3.63) is 53.6 Å². The van der Waals surface area contributed by atoms with E-state index in [9.17, 15) is 4.79 Å². The van der Waals surface area contributed by atoms with Gasteiger partial charge in [0.2, 0.25) is 6.79 Å². The van der Waals surface area contributed by atoms with Gasteiger partial charge in [-0.2, -0.15) is 0 Å². The molecule has 5 heteroatoms. The molecule has 0 saturated heterocycles. The lowest BCUT2D eigenvalue weighted by molar-refractivity contribution is -0.128. The Morgan fingerprint density at radius 3 is 2.52 bits per heavy atom. The average Bonchev–Trinajstić information content (AvgIpc) is 3.12. The maximum absolute atomic E-state index is 12.4. The Hall–Kier alpha value is -2.69. The Kier molecular flexibility index (Phi) is 5.43. The van der Waals surface area contributed by atoms with Crippen LogP contribution in [0.5, 0.6) is 17.2 Å². The lowest BCUT2D eigenvalue weighted by Crippen LogP contribution is -2.37. The smallest absolute Gasteiger partial charge is 0.261 e. The molecule has 0 radical (unpaired) electrons. The van der Waals surface area contributed by atoms with Crippen molar-refractivity contribution in [3.63, 3.8) is 0 Å². The van der Waals surface area contributed by atoms with Crippen LogP contribution in [-0.2, 0) is 17.8 Å².